The van der Waals surface area contributed by atoms with Crippen molar-refractivity contribution in [1.82, 2.24) is 23.9 Å². The molecule has 0 bridgehead atoms. The lowest BCUT2D eigenvalue weighted by molar-refractivity contribution is 1.01. The van der Waals surface area contributed by atoms with Gasteiger partial charge in [-0.15, -0.1) is 0 Å². The van der Waals surface area contributed by atoms with Crippen molar-refractivity contribution in [2.75, 3.05) is 0 Å². The fourth-order valence-corrected chi connectivity index (χ4v) is 7.83. The molecule has 0 radical (unpaired) electrons. The van der Waals surface area contributed by atoms with Crippen LogP contribution in [0.3, 0.4) is 0 Å². The van der Waals surface area contributed by atoms with Crippen molar-refractivity contribution in [3.05, 3.63) is 140 Å². The Kier molecular flexibility index (Phi) is 4.52. The Bertz CT molecular complexity index is 3020. The maximum atomic E-state index is 5.33. The Morgan fingerprint density at radius 1 is 0.478 bits per heavy atom. The summed E-state index contributed by atoms with van der Waals surface area (Å²) in [6, 6.07) is 47.4. The molecule has 0 saturated heterocycles. The molecule has 0 aliphatic heterocycles. The van der Waals surface area contributed by atoms with Crippen molar-refractivity contribution in [3.63, 3.8) is 0 Å². The van der Waals surface area contributed by atoms with Crippen molar-refractivity contribution in [3.8, 4) is 17.2 Å². The van der Waals surface area contributed by atoms with Gasteiger partial charge in [0.05, 0.1) is 33.1 Å². The highest BCUT2D eigenvalue weighted by Gasteiger charge is 2.26. The Morgan fingerprint density at radius 3 is 2.07 bits per heavy atom. The van der Waals surface area contributed by atoms with E-state index in [1.54, 1.807) is 0 Å². The van der Waals surface area contributed by atoms with Crippen LogP contribution in [0.5, 0.6) is 0 Å². The Labute approximate surface area is 261 Å². The average molecular weight is 586 g/mol. The topological polar surface area (TPSA) is 48.0 Å². The Morgan fingerprint density at radius 2 is 1.20 bits per heavy atom. The van der Waals surface area contributed by atoms with Crippen LogP contribution in [0.25, 0.3) is 98.9 Å². The fraction of sp³-hybridized carbons (Fsp3) is 0. The number of hydrogen-bond acceptors (Lipinski definition) is 3. The molecule has 0 atom stereocenters. The molecule has 46 heavy (non-hydrogen) atoms. The minimum Gasteiger partial charge on any atom is -0.308 e. The second-order valence-electron chi connectivity index (χ2n) is 12.0. The van der Waals surface area contributed by atoms with Crippen LogP contribution in [0, 0.1) is 0 Å². The predicted molar refractivity (Wildman–Crippen MR) is 189 cm³/mol. The van der Waals surface area contributed by atoms with E-state index in [1.165, 1.54) is 59.6 Å². The quantitative estimate of drug-likeness (QED) is 0.203. The second-order valence-corrected chi connectivity index (χ2v) is 12.0. The molecule has 5 heterocycles. The summed E-state index contributed by atoms with van der Waals surface area (Å²) in [6.07, 6.45) is 1.82. The lowest BCUT2D eigenvalue weighted by Gasteiger charge is -2.12. The number of fused-ring (bicyclic) bond motifs is 13. The third-order valence-corrected chi connectivity index (χ3v) is 9.68. The smallest absolute Gasteiger partial charge is 0.235 e. The summed E-state index contributed by atoms with van der Waals surface area (Å²) < 4.78 is 4.75. The molecular weight excluding hydrogens is 562 g/mol. The third kappa shape index (κ3) is 2.97. The summed E-state index contributed by atoms with van der Waals surface area (Å²) in [5, 5.41) is 9.84. The number of hydrogen-bond donors (Lipinski definition) is 0. The lowest BCUT2D eigenvalue weighted by Crippen LogP contribution is -2.04. The molecule has 5 nitrogen and oxygen atoms in total. The first-order chi connectivity index (χ1) is 22.8. The fourth-order valence-electron chi connectivity index (χ4n) is 7.83. The number of nitrogens with zero attached hydrogens (tertiary/aromatic N) is 5. The first kappa shape index (κ1) is 24.0. The molecular formula is C41H23N5. The summed E-state index contributed by atoms with van der Waals surface area (Å²) in [7, 11) is 0. The van der Waals surface area contributed by atoms with Crippen LogP contribution in [0.4, 0.5) is 0 Å². The number of aromatic nitrogens is 5. The number of rotatable bonds is 2. The van der Waals surface area contributed by atoms with Gasteiger partial charge in [-0.1, -0.05) is 97.1 Å². The monoisotopic (exact) mass is 585 g/mol. The molecule has 6 aromatic carbocycles. The van der Waals surface area contributed by atoms with Gasteiger partial charge in [-0.05, 0) is 47.2 Å². The van der Waals surface area contributed by atoms with E-state index in [2.05, 4.69) is 112 Å². The molecule has 0 fully saturated rings. The summed E-state index contributed by atoms with van der Waals surface area (Å²) in [5.74, 6) is 0.637. The minimum absolute atomic E-state index is 0.637. The third-order valence-electron chi connectivity index (χ3n) is 9.68. The first-order valence-corrected chi connectivity index (χ1v) is 15.6. The largest absolute Gasteiger partial charge is 0.308 e. The zero-order valence-corrected chi connectivity index (χ0v) is 24.5. The van der Waals surface area contributed by atoms with Crippen LogP contribution < -0.4 is 0 Å². The van der Waals surface area contributed by atoms with E-state index in [0.717, 1.165) is 33.3 Å². The maximum Gasteiger partial charge on any atom is 0.235 e. The van der Waals surface area contributed by atoms with E-state index in [-0.39, 0.29) is 0 Å². The van der Waals surface area contributed by atoms with Crippen LogP contribution in [-0.2, 0) is 0 Å². The van der Waals surface area contributed by atoms with Gasteiger partial charge in [-0.25, -0.2) is 9.97 Å². The van der Waals surface area contributed by atoms with Gasteiger partial charge in [-0.3, -0.25) is 9.55 Å². The number of para-hydroxylation sites is 2. The highest BCUT2D eigenvalue weighted by molar-refractivity contribution is 6.37. The zero-order chi connectivity index (χ0) is 29.9. The van der Waals surface area contributed by atoms with Gasteiger partial charge in [0.1, 0.15) is 11.2 Å². The van der Waals surface area contributed by atoms with Crippen LogP contribution in [0.2, 0.25) is 0 Å². The summed E-state index contributed by atoms with van der Waals surface area (Å²) in [5.41, 5.74) is 9.30. The number of pyridine rings is 1. The zero-order valence-electron chi connectivity index (χ0n) is 24.5. The Balaban J connectivity index is 1.43. The predicted octanol–water partition coefficient (Wildman–Crippen LogP) is 10.1. The van der Waals surface area contributed by atoms with Crippen LogP contribution in [0.1, 0.15) is 0 Å². The van der Waals surface area contributed by atoms with Crippen LogP contribution in [0.15, 0.2) is 140 Å². The van der Waals surface area contributed by atoms with Crippen molar-refractivity contribution in [2.45, 2.75) is 0 Å². The van der Waals surface area contributed by atoms with Gasteiger partial charge in [0.2, 0.25) is 5.95 Å². The molecule has 0 unspecified atom stereocenters. The van der Waals surface area contributed by atoms with Gasteiger partial charge >= 0.3 is 0 Å². The van der Waals surface area contributed by atoms with Gasteiger partial charge in [-0.2, -0.15) is 0 Å². The molecule has 5 aromatic heterocycles. The van der Waals surface area contributed by atoms with E-state index >= 15 is 0 Å². The van der Waals surface area contributed by atoms with Crippen molar-refractivity contribution < 1.29 is 0 Å². The molecule has 5 heteroatoms. The van der Waals surface area contributed by atoms with Crippen molar-refractivity contribution >= 4 is 81.7 Å². The van der Waals surface area contributed by atoms with E-state index in [9.17, 15) is 0 Å². The van der Waals surface area contributed by atoms with Gasteiger partial charge in [0.15, 0.2) is 0 Å². The normalized spacial score (nSPS) is 12.3. The van der Waals surface area contributed by atoms with E-state index in [4.69, 9.17) is 15.0 Å². The van der Waals surface area contributed by atoms with E-state index < -0.39 is 0 Å². The molecule has 0 spiro atoms. The van der Waals surface area contributed by atoms with E-state index in [1.807, 2.05) is 36.5 Å². The second kappa shape index (κ2) is 8.65. The molecule has 212 valence electrons. The maximum absolute atomic E-state index is 5.33. The van der Waals surface area contributed by atoms with Crippen LogP contribution >= 0.6 is 0 Å². The molecule has 11 rings (SSSR count). The molecule has 0 amide bonds. The van der Waals surface area contributed by atoms with Gasteiger partial charge in [0.25, 0.3) is 0 Å². The van der Waals surface area contributed by atoms with E-state index in [0.29, 0.717) is 5.95 Å². The molecule has 0 aliphatic carbocycles. The first-order valence-electron chi connectivity index (χ1n) is 15.6. The molecule has 0 aliphatic rings. The standard InChI is InChI=1S/C41H23N5/c1-2-12-25(13-3-1)37-38-31(17-10-22-42-38)43-41(44-37)46-33-19-9-7-16-28(33)30-23-29-27-15-6-8-18-32(27)45-34-21-20-24-11-4-5-14-26(24)35(34)36(39(29)45)40(30)46/h1-23H. The average Bonchev–Trinajstić information content (AvgIpc) is 3.76. The molecule has 0 saturated carbocycles. The summed E-state index contributed by atoms with van der Waals surface area (Å²) in [4.78, 5) is 15.3. The van der Waals surface area contributed by atoms with Crippen molar-refractivity contribution in [1.29, 1.82) is 0 Å². The highest BCUT2D eigenvalue weighted by atomic mass is 15.2. The molecule has 11 aromatic rings. The SMILES string of the molecule is c1ccc(-c2nc(-n3c4ccccc4c4cc5c6ccccc6n6c7ccc8ccccc8c7c(c43)c56)nc3cccnc23)cc1. The lowest BCUT2D eigenvalue weighted by atomic mass is 10.00. The highest BCUT2D eigenvalue weighted by Crippen LogP contribution is 2.47. The van der Waals surface area contributed by atoms with Crippen molar-refractivity contribution in [2.24, 2.45) is 0 Å². The van der Waals surface area contributed by atoms with Gasteiger partial charge < -0.3 is 4.40 Å². The Hall–Kier alpha value is -6.33. The number of benzene rings is 6. The summed E-state index contributed by atoms with van der Waals surface area (Å²) >= 11 is 0. The van der Waals surface area contributed by atoms with Crippen LogP contribution in [-0.4, -0.2) is 23.9 Å². The molecule has 0 N–H and O–H groups in total. The van der Waals surface area contributed by atoms with Gasteiger partial charge in [0, 0.05) is 44.1 Å². The minimum atomic E-state index is 0.637. The summed E-state index contributed by atoms with van der Waals surface area (Å²) in [6.45, 7) is 0.